The highest BCUT2D eigenvalue weighted by molar-refractivity contribution is 7.86. The summed E-state index contributed by atoms with van der Waals surface area (Å²) >= 11 is 5.24. The van der Waals surface area contributed by atoms with Gasteiger partial charge in [0.2, 0.25) is 0 Å². The lowest BCUT2D eigenvalue weighted by molar-refractivity contribution is 0.101. The van der Waals surface area contributed by atoms with Crippen molar-refractivity contribution in [3.05, 3.63) is 23.8 Å². The fourth-order valence-corrected chi connectivity index (χ4v) is 1.94. The van der Waals surface area contributed by atoms with Crippen LogP contribution in [0.2, 0.25) is 0 Å². The van der Waals surface area contributed by atoms with Crippen LogP contribution in [0.3, 0.4) is 0 Å². The Bertz CT molecular complexity index is 494. The summed E-state index contributed by atoms with van der Waals surface area (Å²) in [4.78, 5) is 10.6. The molecule has 2 N–H and O–H groups in total. The fraction of sp³-hybridized carbons (Fsp3) is 0.125. The molecule has 0 bridgehead atoms. The first-order valence-electron chi connectivity index (χ1n) is 3.76. The highest BCUT2D eigenvalue weighted by Gasteiger charge is 2.22. The molecule has 0 heterocycles. The lowest BCUT2D eigenvalue weighted by Crippen LogP contribution is -2.09. The fourth-order valence-electron chi connectivity index (χ4n) is 1.08. The Kier molecular flexibility index (Phi) is 3.33. The van der Waals surface area contributed by atoms with Crippen molar-refractivity contribution >= 4 is 27.5 Å². The molecular weight excluding hydrogens is 244 g/mol. The maximum atomic E-state index is 11.2. The standard InChI is InChI=1S/C8H7ClO5S/c9-4-6(11)8-5(10)2-1-3-7(8)15(12,13)14/h1-3,10H,4H2,(H,12,13,14). The minimum atomic E-state index is -4.55. The first-order chi connectivity index (χ1) is 6.88. The zero-order valence-electron chi connectivity index (χ0n) is 7.34. The summed E-state index contributed by atoms with van der Waals surface area (Å²) < 4.78 is 30.6. The third-order valence-electron chi connectivity index (χ3n) is 1.68. The number of hydrogen-bond acceptors (Lipinski definition) is 4. The third-order valence-corrected chi connectivity index (χ3v) is 2.82. The number of halogens is 1. The largest absolute Gasteiger partial charge is 0.507 e. The van der Waals surface area contributed by atoms with Crippen LogP contribution in [-0.2, 0) is 10.1 Å². The summed E-state index contributed by atoms with van der Waals surface area (Å²) in [6.45, 7) is 0. The number of carbonyl (C=O) groups excluding carboxylic acids is 1. The third kappa shape index (κ3) is 2.47. The molecule has 5 nitrogen and oxygen atoms in total. The van der Waals surface area contributed by atoms with Gasteiger partial charge < -0.3 is 5.11 Å². The zero-order valence-corrected chi connectivity index (χ0v) is 8.92. The number of hydrogen-bond donors (Lipinski definition) is 2. The Morgan fingerprint density at radius 1 is 1.40 bits per heavy atom. The summed E-state index contributed by atoms with van der Waals surface area (Å²) in [5, 5.41) is 9.30. The molecule has 0 unspecified atom stereocenters. The molecular formula is C8H7ClO5S. The van der Waals surface area contributed by atoms with Gasteiger partial charge >= 0.3 is 0 Å². The van der Waals surface area contributed by atoms with Crippen LogP contribution in [0.15, 0.2) is 23.1 Å². The average molecular weight is 251 g/mol. The van der Waals surface area contributed by atoms with Gasteiger partial charge in [-0.1, -0.05) is 6.07 Å². The van der Waals surface area contributed by atoms with E-state index in [1.807, 2.05) is 0 Å². The van der Waals surface area contributed by atoms with E-state index >= 15 is 0 Å². The lowest BCUT2D eigenvalue weighted by Gasteiger charge is -2.06. The Labute approximate surface area is 91.0 Å². The van der Waals surface area contributed by atoms with Crippen molar-refractivity contribution in [2.75, 3.05) is 5.88 Å². The van der Waals surface area contributed by atoms with E-state index in [1.54, 1.807) is 0 Å². The van der Waals surface area contributed by atoms with Crippen molar-refractivity contribution in [3.8, 4) is 5.75 Å². The summed E-state index contributed by atoms with van der Waals surface area (Å²) in [5.74, 6) is -1.79. The number of phenolic OH excluding ortho intramolecular Hbond substituents is 1. The van der Waals surface area contributed by atoms with Crippen LogP contribution in [0.4, 0.5) is 0 Å². The van der Waals surface area contributed by atoms with Crippen molar-refractivity contribution in [2.45, 2.75) is 4.90 Å². The molecule has 0 spiro atoms. The Morgan fingerprint density at radius 2 is 2.00 bits per heavy atom. The highest BCUT2D eigenvalue weighted by Crippen LogP contribution is 2.25. The molecule has 0 aromatic heterocycles. The van der Waals surface area contributed by atoms with Crippen LogP contribution >= 0.6 is 11.6 Å². The highest BCUT2D eigenvalue weighted by atomic mass is 35.5. The molecule has 7 heteroatoms. The predicted molar refractivity (Wildman–Crippen MR) is 53.0 cm³/mol. The number of rotatable bonds is 3. The number of alkyl halides is 1. The Morgan fingerprint density at radius 3 is 2.47 bits per heavy atom. The first-order valence-corrected chi connectivity index (χ1v) is 5.74. The molecule has 1 aromatic carbocycles. The van der Waals surface area contributed by atoms with Crippen molar-refractivity contribution in [2.24, 2.45) is 0 Å². The SMILES string of the molecule is O=C(CCl)c1c(O)cccc1S(=O)(=O)O. The molecule has 0 saturated carbocycles. The van der Waals surface area contributed by atoms with E-state index in [1.165, 1.54) is 6.07 Å². The number of phenols is 1. The number of carbonyl (C=O) groups is 1. The molecule has 0 fully saturated rings. The summed E-state index contributed by atoms with van der Waals surface area (Å²) in [6, 6.07) is 3.34. The van der Waals surface area contributed by atoms with Gasteiger partial charge in [0.15, 0.2) is 5.78 Å². The van der Waals surface area contributed by atoms with Gasteiger partial charge in [-0.15, -0.1) is 11.6 Å². The van der Waals surface area contributed by atoms with Gasteiger partial charge in [0.25, 0.3) is 10.1 Å². The van der Waals surface area contributed by atoms with E-state index in [0.29, 0.717) is 0 Å². The number of Topliss-reactive ketones (excluding diaryl/α,β-unsaturated/α-hetero) is 1. The molecule has 0 saturated heterocycles. The second-order valence-corrected chi connectivity index (χ2v) is 4.34. The number of benzene rings is 1. The molecule has 0 atom stereocenters. The smallest absolute Gasteiger partial charge is 0.295 e. The number of aromatic hydroxyl groups is 1. The van der Waals surface area contributed by atoms with E-state index in [0.717, 1.165) is 12.1 Å². The Hall–Kier alpha value is -1.11. The topological polar surface area (TPSA) is 91.7 Å². The molecule has 0 amide bonds. The molecule has 82 valence electrons. The first kappa shape index (κ1) is 12.0. The molecule has 0 aliphatic carbocycles. The van der Waals surface area contributed by atoms with Gasteiger partial charge in [0.05, 0.1) is 11.4 Å². The Balaban J connectivity index is 3.54. The van der Waals surface area contributed by atoms with Crippen LogP contribution in [-0.4, -0.2) is 29.7 Å². The number of ketones is 1. The van der Waals surface area contributed by atoms with Crippen LogP contribution in [0.25, 0.3) is 0 Å². The maximum Gasteiger partial charge on any atom is 0.295 e. The van der Waals surface area contributed by atoms with Crippen molar-refractivity contribution < 1.29 is 22.9 Å². The molecule has 0 aliphatic heterocycles. The molecule has 1 rings (SSSR count). The van der Waals surface area contributed by atoms with E-state index in [-0.39, 0.29) is 0 Å². The normalized spacial score (nSPS) is 11.3. The second-order valence-electron chi connectivity index (χ2n) is 2.68. The monoisotopic (exact) mass is 250 g/mol. The van der Waals surface area contributed by atoms with Gasteiger partial charge in [0, 0.05) is 0 Å². The van der Waals surface area contributed by atoms with Crippen molar-refractivity contribution in [1.29, 1.82) is 0 Å². The van der Waals surface area contributed by atoms with E-state index < -0.39 is 38.0 Å². The van der Waals surface area contributed by atoms with Crippen molar-refractivity contribution in [3.63, 3.8) is 0 Å². The molecule has 0 aliphatic rings. The summed E-state index contributed by atoms with van der Waals surface area (Å²) in [6.07, 6.45) is 0. The van der Waals surface area contributed by atoms with Crippen LogP contribution in [0.5, 0.6) is 5.75 Å². The van der Waals surface area contributed by atoms with Crippen molar-refractivity contribution in [1.82, 2.24) is 0 Å². The maximum absolute atomic E-state index is 11.2. The second kappa shape index (κ2) is 4.18. The minimum Gasteiger partial charge on any atom is -0.507 e. The van der Waals surface area contributed by atoms with E-state index in [2.05, 4.69) is 0 Å². The van der Waals surface area contributed by atoms with Gasteiger partial charge in [-0.3, -0.25) is 9.35 Å². The summed E-state index contributed by atoms with van der Waals surface area (Å²) in [5.41, 5.74) is -0.491. The summed E-state index contributed by atoms with van der Waals surface area (Å²) in [7, 11) is -4.55. The van der Waals surface area contributed by atoms with E-state index in [4.69, 9.17) is 16.2 Å². The van der Waals surface area contributed by atoms with Gasteiger partial charge in [0.1, 0.15) is 10.6 Å². The van der Waals surface area contributed by atoms with Crippen LogP contribution in [0, 0.1) is 0 Å². The average Bonchev–Trinajstić information content (AvgIpc) is 2.15. The van der Waals surface area contributed by atoms with Gasteiger partial charge in [-0.2, -0.15) is 8.42 Å². The van der Waals surface area contributed by atoms with E-state index in [9.17, 15) is 18.3 Å². The zero-order chi connectivity index (χ0) is 11.6. The molecule has 1 aromatic rings. The lowest BCUT2D eigenvalue weighted by atomic mass is 10.1. The quantitative estimate of drug-likeness (QED) is 0.475. The molecule has 15 heavy (non-hydrogen) atoms. The van der Waals surface area contributed by atoms with Gasteiger partial charge in [-0.25, -0.2) is 0 Å². The van der Waals surface area contributed by atoms with Crippen LogP contribution < -0.4 is 0 Å². The minimum absolute atomic E-state index is 0.486. The van der Waals surface area contributed by atoms with Gasteiger partial charge in [-0.05, 0) is 12.1 Å². The molecule has 0 radical (unpaired) electrons. The predicted octanol–water partition coefficient (Wildman–Crippen LogP) is 1.06. The van der Waals surface area contributed by atoms with Crippen LogP contribution in [0.1, 0.15) is 10.4 Å².